The molecule has 0 saturated carbocycles. The van der Waals surface area contributed by atoms with E-state index in [2.05, 4.69) is 31.2 Å². The van der Waals surface area contributed by atoms with Crippen LogP contribution in [0, 0.1) is 11.8 Å². The molecule has 1 atom stereocenters. The molecule has 0 aliphatic carbocycles. The monoisotopic (exact) mass is 184 g/mol. The molecule has 0 aromatic carbocycles. The first-order chi connectivity index (χ1) is 6.27. The minimum absolute atomic E-state index is 0.902. The van der Waals surface area contributed by atoms with Crippen LogP contribution in [-0.2, 0) is 0 Å². The Morgan fingerprint density at radius 1 is 1.38 bits per heavy atom. The molecule has 13 heavy (non-hydrogen) atoms. The van der Waals surface area contributed by atoms with Gasteiger partial charge in [-0.05, 0) is 58.4 Å². The van der Waals surface area contributed by atoms with E-state index in [-0.39, 0.29) is 0 Å². The lowest BCUT2D eigenvalue weighted by Gasteiger charge is -2.33. The summed E-state index contributed by atoms with van der Waals surface area (Å²) in [6, 6.07) is 0. The van der Waals surface area contributed by atoms with Crippen molar-refractivity contribution in [3.63, 3.8) is 0 Å². The van der Waals surface area contributed by atoms with Gasteiger partial charge in [0.15, 0.2) is 0 Å². The van der Waals surface area contributed by atoms with Crippen LogP contribution >= 0.6 is 0 Å². The zero-order valence-electron chi connectivity index (χ0n) is 9.34. The number of likely N-dealkylation sites (tertiary alicyclic amines) is 1. The van der Waals surface area contributed by atoms with Crippen LogP contribution in [0.2, 0.25) is 0 Å². The van der Waals surface area contributed by atoms with Crippen molar-refractivity contribution < 1.29 is 0 Å². The van der Waals surface area contributed by atoms with Gasteiger partial charge in [-0.15, -0.1) is 0 Å². The van der Waals surface area contributed by atoms with Crippen LogP contribution < -0.4 is 5.32 Å². The van der Waals surface area contributed by atoms with Crippen LogP contribution in [0.3, 0.4) is 0 Å². The SMILES string of the molecule is CCC(CNC)C1CCN(C)CC1. The van der Waals surface area contributed by atoms with Gasteiger partial charge in [0.05, 0.1) is 0 Å². The Kier molecular flexibility index (Phi) is 4.74. The minimum Gasteiger partial charge on any atom is -0.319 e. The fraction of sp³-hybridized carbons (Fsp3) is 1.00. The summed E-state index contributed by atoms with van der Waals surface area (Å²) in [6.07, 6.45) is 4.13. The fourth-order valence-corrected chi connectivity index (χ4v) is 2.41. The Morgan fingerprint density at radius 2 is 2.00 bits per heavy atom. The van der Waals surface area contributed by atoms with Crippen LogP contribution in [0.15, 0.2) is 0 Å². The Bertz CT molecular complexity index is 128. The predicted molar refractivity (Wildman–Crippen MR) is 57.9 cm³/mol. The van der Waals surface area contributed by atoms with Crippen LogP contribution in [0.25, 0.3) is 0 Å². The third-order valence-electron chi connectivity index (χ3n) is 3.42. The highest BCUT2D eigenvalue weighted by molar-refractivity contribution is 4.76. The third-order valence-corrected chi connectivity index (χ3v) is 3.42. The summed E-state index contributed by atoms with van der Waals surface area (Å²) in [6.45, 7) is 6.11. The van der Waals surface area contributed by atoms with Gasteiger partial charge < -0.3 is 10.2 Å². The molecule has 2 nitrogen and oxygen atoms in total. The van der Waals surface area contributed by atoms with Crippen molar-refractivity contribution in [1.29, 1.82) is 0 Å². The lowest BCUT2D eigenvalue weighted by molar-refractivity contribution is 0.167. The highest BCUT2D eigenvalue weighted by Gasteiger charge is 2.23. The van der Waals surface area contributed by atoms with E-state index >= 15 is 0 Å². The second-order valence-electron chi connectivity index (χ2n) is 4.37. The van der Waals surface area contributed by atoms with E-state index in [9.17, 15) is 0 Å². The van der Waals surface area contributed by atoms with Gasteiger partial charge in [0.25, 0.3) is 0 Å². The van der Waals surface area contributed by atoms with E-state index in [1.54, 1.807) is 0 Å². The quantitative estimate of drug-likeness (QED) is 0.713. The standard InChI is InChI=1S/C11H24N2/c1-4-10(9-12-2)11-5-7-13(3)8-6-11/h10-12H,4-9H2,1-3H3. The topological polar surface area (TPSA) is 15.3 Å². The van der Waals surface area contributed by atoms with Gasteiger partial charge in [0.1, 0.15) is 0 Å². The molecule has 1 heterocycles. The van der Waals surface area contributed by atoms with Gasteiger partial charge in [-0.3, -0.25) is 0 Å². The molecule has 1 aliphatic heterocycles. The van der Waals surface area contributed by atoms with Crippen molar-refractivity contribution in [2.24, 2.45) is 11.8 Å². The average Bonchev–Trinajstić information content (AvgIpc) is 2.16. The molecule has 1 rings (SSSR count). The van der Waals surface area contributed by atoms with Crippen LogP contribution in [0.1, 0.15) is 26.2 Å². The molecule has 1 saturated heterocycles. The number of nitrogens with zero attached hydrogens (tertiary/aromatic N) is 1. The second-order valence-corrected chi connectivity index (χ2v) is 4.37. The average molecular weight is 184 g/mol. The normalized spacial score (nSPS) is 23.3. The largest absolute Gasteiger partial charge is 0.319 e. The van der Waals surface area contributed by atoms with E-state index < -0.39 is 0 Å². The van der Waals surface area contributed by atoms with Crippen molar-refractivity contribution in [3.8, 4) is 0 Å². The molecule has 1 N–H and O–H groups in total. The van der Waals surface area contributed by atoms with Gasteiger partial charge in [-0.2, -0.15) is 0 Å². The highest BCUT2D eigenvalue weighted by atomic mass is 15.1. The molecule has 2 heteroatoms. The van der Waals surface area contributed by atoms with Crippen LogP contribution in [-0.4, -0.2) is 38.6 Å². The molecule has 0 aromatic rings. The maximum absolute atomic E-state index is 3.31. The van der Waals surface area contributed by atoms with Gasteiger partial charge in [-0.25, -0.2) is 0 Å². The number of hydrogen-bond acceptors (Lipinski definition) is 2. The van der Waals surface area contributed by atoms with E-state index in [4.69, 9.17) is 0 Å². The van der Waals surface area contributed by atoms with Crippen LogP contribution in [0.5, 0.6) is 0 Å². The second kappa shape index (κ2) is 5.61. The summed E-state index contributed by atoms with van der Waals surface area (Å²) < 4.78 is 0. The first-order valence-corrected chi connectivity index (χ1v) is 5.61. The van der Waals surface area contributed by atoms with Gasteiger partial charge in [-0.1, -0.05) is 13.3 Å². The summed E-state index contributed by atoms with van der Waals surface area (Å²) in [5.41, 5.74) is 0. The molecule has 0 radical (unpaired) electrons. The maximum atomic E-state index is 3.31. The summed E-state index contributed by atoms with van der Waals surface area (Å²) in [4.78, 5) is 2.45. The molecule has 1 fully saturated rings. The summed E-state index contributed by atoms with van der Waals surface area (Å²) in [5.74, 6) is 1.87. The molecular weight excluding hydrogens is 160 g/mol. The van der Waals surface area contributed by atoms with Crippen molar-refractivity contribution in [2.45, 2.75) is 26.2 Å². The fourth-order valence-electron chi connectivity index (χ4n) is 2.41. The summed E-state index contributed by atoms with van der Waals surface area (Å²) in [7, 11) is 4.30. The highest BCUT2D eigenvalue weighted by Crippen LogP contribution is 2.26. The van der Waals surface area contributed by atoms with Gasteiger partial charge in [0.2, 0.25) is 0 Å². The van der Waals surface area contributed by atoms with Crippen molar-refractivity contribution >= 4 is 0 Å². The Balaban J connectivity index is 2.32. The molecule has 1 unspecified atom stereocenters. The smallest absolute Gasteiger partial charge is 0.00190 e. The molecule has 0 spiro atoms. The number of nitrogens with one attached hydrogen (secondary N) is 1. The van der Waals surface area contributed by atoms with E-state index in [0.717, 1.165) is 11.8 Å². The van der Waals surface area contributed by atoms with E-state index in [1.807, 2.05) is 0 Å². The minimum atomic E-state index is 0.902. The predicted octanol–water partition coefficient (Wildman–Crippen LogP) is 1.57. The zero-order valence-corrected chi connectivity index (χ0v) is 9.34. The van der Waals surface area contributed by atoms with Crippen LogP contribution in [0.4, 0.5) is 0 Å². The summed E-state index contributed by atoms with van der Waals surface area (Å²) >= 11 is 0. The van der Waals surface area contributed by atoms with Crippen molar-refractivity contribution in [1.82, 2.24) is 10.2 Å². The zero-order chi connectivity index (χ0) is 9.68. The first kappa shape index (κ1) is 11.0. The maximum Gasteiger partial charge on any atom is -0.00190 e. The van der Waals surface area contributed by atoms with Gasteiger partial charge >= 0.3 is 0 Å². The Hall–Kier alpha value is -0.0800. The number of piperidine rings is 1. The molecule has 1 aliphatic rings. The lowest BCUT2D eigenvalue weighted by Crippen LogP contribution is -2.36. The first-order valence-electron chi connectivity index (χ1n) is 5.61. The number of rotatable bonds is 4. The third kappa shape index (κ3) is 3.28. The Morgan fingerprint density at radius 3 is 2.46 bits per heavy atom. The Labute approximate surface area is 82.7 Å². The molecular formula is C11H24N2. The lowest BCUT2D eigenvalue weighted by atomic mass is 9.83. The van der Waals surface area contributed by atoms with E-state index in [1.165, 1.54) is 38.9 Å². The molecule has 0 amide bonds. The number of hydrogen-bond donors (Lipinski definition) is 1. The molecule has 0 aromatic heterocycles. The van der Waals surface area contributed by atoms with Crippen molar-refractivity contribution in [2.75, 3.05) is 33.7 Å². The van der Waals surface area contributed by atoms with Crippen molar-refractivity contribution in [3.05, 3.63) is 0 Å². The molecule has 0 bridgehead atoms. The van der Waals surface area contributed by atoms with E-state index in [0.29, 0.717) is 0 Å². The van der Waals surface area contributed by atoms with Gasteiger partial charge in [0, 0.05) is 0 Å². The molecule has 78 valence electrons. The summed E-state index contributed by atoms with van der Waals surface area (Å²) in [5, 5.41) is 3.31.